The van der Waals surface area contributed by atoms with Crippen LogP contribution < -0.4 is 10.0 Å². The summed E-state index contributed by atoms with van der Waals surface area (Å²) < 4.78 is 28.9. The molecule has 0 saturated carbocycles. The number of aryl methyl sites for hydroxylation is 1. The molecule has 1 amide bonds. The van der Waals surface area contributed by atoms with Gasteiger partial charge in [0.15, 0.2) is 0 Å². The average molecular weight is 413 g/mol. The molecule has 8 heteroatoms. The number of amides is 1. The Bertz CT molecular complexity index is 1040. The Morgan fingerprint density at radius 2 is 1.76 bits per heavy atom. The number of pyridine rings is 1. The molecular weight excluding hydrogens is 388 g/mol. The molecule has 2 heterocycles. The summed E-state index contributed by atoms with van der Waals surface area (Å²) in [5, 5.41) is 2.97. The lowest BCUT2D eigenvalue weighted by molar-refractivity contribution is 0.0934. The van der Waals surface area contributed by atoms with Gasteiger partial charge in [0, 0.05) is 25.5 Å². The smallest absolute Gasteiger partial charge is 0.268 e. The Balaban J connectivity index is 1.91. The van der Waals surface area contributed by atoms with E-state index in [1.54, 1.807) is 27.1 Å². The number of hydrogen-bond donors (Lipinski definition) is 2. The van der Waals surface area contributed by atoms with Gasteiger partial charge in [-0.05, 0) is 37.6 Å². The van der Waals surface area contributed by atoms with Crippen molar-refractivity contribution in [3.8, 4) is 0 Å². The number of aromatic nitrogens is 2. The second kappa shape index (κ2) is 8.59. The van der Waals surface area contributed by atoms with Crippen molar-refractivity contribution in [2.75, 3.05) is 0 Å². The van der Waals surface area contributed by atoms with Gasteiger partial charge in [-0.15, -0.1) is 0 Å². The molecule has 0 aliphatic rings. The molecule has 3 aromatic rings. The van der Waals surface area contributed by atoms with Crippen LogP contribution in [0.15, 0.2) is 71.9 Å². The van der Waals surface area contributed by atoms with Crippen LogP contribution in [0.25, 0.3) is 0 Å². The topological polar surface area (TPSA) is 93.1 Å². The van der Waals surface area contributed by atoms with Crippen molar-refractivity contribution in [1.29, 1.82) is 0 Å². The van der Waals surface area contributed by atoms with E-state index in [4.69, 9.17) is 0 Å². The molecular formula is C21H24N4O3S. The van der Waals surface area contributed by atoms with Gasteiger partial charge >= 0.3 is 0 Å². The maximum atomic E-state index is 13.0. The van der Waals surface area contributed by atoms with Crippen LogP contribution in [-0.2, 0) is 17.1 Å². The van der Waals surface area contributed by atoms with Crippen molar-refractivity contribution in [2.24, 2.45) is 7.05 Å². The first kappa shape index (κ1) is 20.8. The van der Waals surface area contributed by atoms with Gasteiger partial charge < -0.3 is 9.88 Å². The number of carbonyl (C=O) groups is 1. The zero-order chi connectivity index (χ0) is 21.0. The van der Waals surface area contributed by atoms with Gasteiger partial charge in [0.25, 0.3) is 5.91 Å². The summed E-state index contributed by atoms with van der Waals surface area (Å²) in [4.78, 5) is 17.4. The zero-order valence-electron chi connectivity index (χ0n) is 16.5. The highest BCUT2D eigenvalue weighted by molar-refractivity contribution is 7.89. The predicted octanol–water partition coefficient (Wildman–Crippen LogP) is 2.63. The van der Waals surface area contributed by atoms with Gasteiger partial charge in [-0.1, -0.05) is 36.4 Å². The van der Waals surface area contributed by atoms with Crippen LogP contribution in [0.4, 0.5) is 0 Å². The Hall–Kier alpha value is -2.97. The van der Waals surface area contributed by atoms with E-state index in [-0.39, 0.29) is 16.6 Å². The fourth-order valence-electron chi connectivity index (χ4n) is 3.01. The van der Waals surface area contributed by atoms with E-state index < -0.39 is 22.0 Å². The first-order chi connectivity index (χ1) is 13.8. The van der Waals surface area contributed by atoms with Crippen LogP contribution in [0, 0.1) is 0 Å². The van der Waals surface area contributed by atoms with E-state index in [0.717, 1.165) is 5.56 Å². The largest absolute Gasteiger partial charge is 0.345 e. The molecule has 3 rings (SSSR count). The Labute approximate surface area is 170 Å². The molecule has 152 valence electrons. The third kappa shape index (κ3) is 4.90. The Morgan fingerprint density at radius 1 is 1.07 bits per heavy atom. The van der Waals surface area contributed by atoms with E-state index in [0.29, 0.717) is 5.69 Å². The van der Waals surface area contributed by atoms with Crippen LogP contribution in [0.2, 0.25) is 0 Å². The number of benzene rings is 1. The van der Waals surface area contributed by atoms with Gasteiger partial charge in [0.05, 0.1) is 11.7 Å². The lowest BCUT2D eigenvalue weighted by Gasteiger charge is -2.19. The molecule has 0 spiro atoms. The molecule has 1 atom stereocenters. The highest BCUT2D eigenvalue weighted by Crippen LogP contribution is 2.21. The molecule has 1 aromatic carbocycles. The van der Waals surface area contributed by atoms with Crippen molar-refractivity contribution in [3.63, 3.8) is 0 Å². The molecule has 0 radical (unpaired) electrons. The number of hydrogen-bond acceptors (Lipinski definition) is 4. The van der Waals surface area contributed by atoms with E-state index in [9.17, 15) is 13.2 Å². The maximum absolute atomic E-state index is 13.0. The van der Waals surface area contributed by atoms with E-state index in [1.165, 1.54) is 16.8 Å². The van der Waals surface area contributed by atoms with Crippen LogP contribution in [0.1, 0.15) is 41.6 Å². The minimum absolute atomic E-state index is 0.0490. The predicted molar refractivity (Wildman–Crippen MR) is 111 cm³/mol. The number of carbonyl (C=O) groups excluding carboxylic acids is 1. The second-order valence-electron chi connectivity index (χ2n) is 7.02. The summed E-state index contributed by atoms with van der Waals surface area (Å²) in [7, 11) is -2.05. The molecule has 0 saturated heterocycles. The van der Waals surface area contributed by atoms with Crippen LogP contribution >= 0.6 is 0 Å². The summed E-state index contributed by atoms with van der Waals surface area (Å²) in [6, 6.07) is 15.7. The molecule has 29 heavy (non-hydrogen) atoms. The molecule has 0 aliphatic heterocycles. The van der Waals surface area contributed by atoms with Crippen molar-refractivity contribution < 1.29 is 13.2 Å². The van der Waals surface area contributed by atoms with E-state index in [1.807, 2.05) is 48.5 Å². The van der Waals surface area contributed by atoms with Crippen molar-refractivity contribution in [3.05, 3.63) is 83.9 Å². The monoisotopic (exact) mass is 412 g/mol. The average Bonchev–Trinajstić information content (AvgIpc) is 3.09. The Kier molecular flexibility index (Phi) is 6.14. The normalized spacial score (nSPS) is 12.7. The first-order valence-corrected chi connectivity index (χ1v) is 10.7. The first-order valence-electron chi connectivity index (χ1n) is 9.23. The zero-order valence-corrected chi connectivity index (χ0v) is 17.3. The highest BCUT2D eigenvalue weighted by Gasteiger charge is 2.24. The summed E-state index contributed by atoms with van der Waals surface area (Å²) in [6.45, 7) is 3.48. The van der Waals surface area contributed by atoms with Crippen LogP contribution in [0.3, 0.4) is 0 Å². The minimum Gasteiger partial charge on any atom is -0.345 e. The van der Waals surface area contributed by atoms with Crippen molar-refractivity contribution in [1.82, 2.24) is 19.6 Å². The lowest BCUT2D eigenvalue weighted by Crippen LogP contribution is -2.31. The molecule has 1 unspecified atom stereocenters. The van der Waals surface area contributed by atoms with Crippen molar-refractivity contribution in [2.45, 2.75) is 30.8 Å². The highest BCUT2D eigenvalue weighted by atomic mass is 32.2. The van der Waals surface area contributed by atoms with Crippen LogP contribution in [0.5, 0.6) is 0 Å². The van der Waals surface area contributed by atoms with Gasteiger partial charge in [-0.2, -0.15) is 0 Å². The van der Waals surface area contributed by atoms with Crippen LogP contribution in [-0.4, -0.2) is 29.9 Å². The number of nitrogens with one attached hydrogen (secondary N) is 2. The fraction of sp³-hybridized carbons (Fsp3) is 0.238. The second-order valence-corrected chi connectivity index (χ2v) is 8.73. The number of rotatable bonds is 7. The summed E-state index contributed by atoms with van der Waals surface area (Å²) >= 11 is 0. The SMILES string of the molecule is CC(C)NS(=O)(=O)c1cc(C(=O)NC(c2ccccc2)c2ccccn2)n(C)c1. The van der Waals surface area contributed by atoms with Gasteiger partial charge in [0.1, 0.15) is 10.6 Å². The fourth-order valence-corrected chi connectivity index (χ4v) is 4.33. The van der Waals surface area contributed by atoms with Gasteiger partial charge in [-0.3, -0.25) is 9.78 Å². The Morgan fingerprint density at radius 3 is 2.38 bits per heavy atom. The van der Waals surface area contributed by atoms with E-state index in [2.05, 4.69) is 15.0 Å². The summed E-state index contributed by atoms with van der Waals surface area (Å²) in [6.07, 6.45) is 3.10. The lowest BCUT2D eigenvalue weighted by atomic mass is 10.0. The molecule has 0 bridgehead atoms. The maximum Gasteiger partial charge on any atom is 0.268 e. The molecule has 2 aromatic heterocycles. The van der Waals surface area contributed by atoms with E-state index >= 15 is 0 Å². The minimum atomic E-state index is -3.69. The van der Waals surface area contributed by atoms with Gasteiger partial charge in [-0.25, -0.2) is 13.1 Å². The standard InChI is InChI=1S/C21H24N4O3S/c1-15(2)24-29(27,28)17-13-19(25(3)14-17)21(26)23-20(16-9-5-4-6-10-16)18-11-7-8-12-22-18/h4-15,20,24H,1-3H3,(H,23,26). The molecule has 2 N–H and O–H groups in total. The molecule has 7 nitrogen and oxygen atoms in total. The van der Waals surface area contributed by atoms with Gasteiger partial charge in [0.2, 0.25) is 10.0 Å². The third-order valence-corrected chi connectivity index (χ3v) is 5.93. The molecule has 0 aliphatic carbocycles. The number of nitrogens with zero attached hydrogens (tertiary/aromatic N) is 2. The third-order valence-electron chi connectivity index (χ3n) is 4.31. The van der Waals surface area contributed by atoms with Crippen molar-refractivity contribution >= 4 is 15.9 Å². The molecule has 0 fully saturated rings. The quantitative estimate of drug-likeness (QED) is 0.624. The summed E-state index contributed by atoms with van der Waals surface area (Å²) in [5.41, 5.74) is 1.81. The summed E-state index contributed by atoms with van der Waals surface area (Å²) in [5.74, 6) is -0.391. The number of sulfonamides is 1.